The van der Waals surface area contributed by atoms with Gasteiger partial charge in [-0.15, -0.1) is 0 Å². The summed E-state index contributed by atoms with van der Waals surface area (Å²) in [7, 11) is 0. The quantitative estimate of drug-likeness (QED) is 0.912. The molecule has 0 aliphatic carbocycles. The van der Waals surface area contributed by atoms with Gasteiger partial charge >= 0.3 is 0 Å². The van der Waals surface area contributed by atoms with Gasteiger partial charge in [0.25, 0.3) is 0 Å². The predicted octanol–water partition coefficient (Wildman–Crippen LogP) is 3.49. The summed E-state index contributed by atoms with van der Waals surface area (Å²) < 4.78 is 5.01. The van der Waals surface area contributed by atoms with Crippen molar-refractivity contribution in [3.63, 3.8) is 0 Å². The maximum Gasteiger partial charge on any atom is 0.248 e. The summed E-state index contributed by atoms with van der Waals surface area (Å²) in [5.74, 6) is 0.813. The van der Waals surface area contributed by atoms with Gasteiger partial charge in [0.05, 0.1) is 10.0 Å². The molecule has 0 aliphatic rings. The van der Waals surface area contributed by atoms with E-state index in [2.05, 4.69) is 15.5 Å². The molecule has 0 radical (unpaired) electrons. The van der Waals surface area contributed by atoms with E-state index in [4.69, 9.17) is 27.7 Å². The molecule has 2 rings (SSSR count). The van der Waals surface area contributed by atoms with Crippen molar-refractivity contribution in [1.29, 1.82) is 0 Å². The molecule has 0 saturated heterocycles. The SMILES string of the molecule is Cc1noc(C(C)NC(=O)CCc2cccc(Cl)c2Cl)n1. The van der Waals surface area contributed by atoms with Gasteiger partial charge < -0.3 is 9.84 Å². The van der Waals surface area contributed by atoms with Gasteiger partial charge in [-0.2, -0.15) is 4.98 Å². The fourth-order valence-corrected chi connectivity index (χ4v) is 2.27. The van der Waals surface area contributed by atoms with Gasteiger partial charge in [0.2, 0.25) is 11.8 Å². The highest BCUT2D eigenvalue weighted by atomic mass is 35.5. The molecule has 1 aromatic carbocycles. The van der Waals surface area contributed by atoms with Crippen LogP contribution in [-0.4, -0.2) is 16.0 Å². The van der Waals surface area contributed by atoms with Crippen LogP contribution in [0.15, 0.2) is 22.7 Å². The third-order valence-electron chi connectivity index (χ3n) is 2.94. The van der Waals surface area contributed by atoms with Crippen LogP contribution in [0.1, 0.15) is 36.7 Å². The number of carbonyl (C=O) groups excluding carboxylic acids is 1. The van der Waals surface area contributed by atoms with Gasteiger partial charge in [-0.1, -0.05) is 40.5 Å². The average molecular weight is 328 g/mol. The first-order valence-electron chi connectivity index (χ1n) is 6.50. The number of nitrogens with one attached hydrogen (secondary N) is 1. The number of halogens is 2. The van der Waals surface area contributed by atoms with E-state index in [1.165, 1.54) is 0 Å². The second-order valence-corrected chi connectivity index (χ2v) is 5.47. The number of hydrogen-bond acceptors (Lipinski definition) is 4. The van der Waals surface area contributed by atoms with E-state index in [0.29, 0.717) is 34.6 Å². The molecule has 5 nitrogen and oxygen atoms in total. The molecular weight excluding hydrogens is 313 g/mol. The minimum absolute atomic E-state index is 0.116. The normalized spacial score (nSPS) is 12.2. The van der Waals surface area contributed by atoms with Gasteiger partial charge in [0.1, 0.15) is 6.04 Å². The number of amides is 1. The smallest absolute Gasteiger partial charge is 0.248 e. The summed E-state index contributed by atoms with van der Waals surface area (Å²) in [6, 6.07) is 5.05. The van der Waals surface area contributed by atoms with Crippen molar-refractivity contribution in [3.05, 3.63) is 45.5 Å². The molecule has 7 heteroatoms. The Hall–Kier alpha value is -1.59. The van der Waals surface area contributed by atoms with Crippen molar-refractivity contribution < 1.29 is 9.32 Å². The summed E-state index contributed by atoms with van der Waals surface area (Å²) in [4.78, 5) is 16.0. The zero-order chi connectivity index (χ0) is 15.4. The van der Waals surface area contributed by atoms with E-state index >= 15 is 0 Å². The molecule has 1 unspecified atom stereocenters. The number of nitrogens with zero attached hydrogens (tertiary/aromatic N) is 2. The van der Waals surface area contributed by atoms with Crippen molar-refractivity contribution in [2.75, 3.05) is 0 Å². The Labute approximate surface area is 132 Å². The molecule has 1 aromatic heterocycles. The third kappa shape index (κ3) is 4.19. The number of aromatic nitrogens is 2. The van der Waals surface area contributed by atoms with E-state index in [1.807, 2.05) is 12.1 Å². The number of aryl methyl sites for hydroxylation is 2. The fraction of sp³-hybridized carbons (Fsp3) is 0.357. The number of benzene rings is 1. The van der Waals surface area contributed by atoms with Crippen LogP contribution in [0, 0.1) is 6.92 Å². The highest BCUT2D eigenvalue weighted by molar-refractivity contribution is 6.42. The third-order valence-corrected chi connectivity index (χ3v) is 3.80. The topological polar surface area (TPSA) is 68.0 Å². The van der Waals surface area contributed by atoms with Crippen molar-refractivity contribution >= 4 is 29.1 Å². The van der Waals surface area contributed by atoms with Crippen molar-refractivity contribution in [3.8, 4) is 0 Å². The minimum atomic E-state index is -0.325. The van der Waals surface area contributed by atoms with E-state index in [0.717, 1.165) is 5.56 Å². The minimum Gasteiger partial charge on any atom is -0.345 e. The molecule has 1 heterocycles. The second kappa shape index (κ2) is 6.91. The van der Waals surface area contributed by atoms with Crippen LogP contribution in [0.25, 0.3) is 0 Å². The molecular formula is C14H15Cl2N3O2. The van der Waals surface area contributed by atoms with Crippen LogP contribution < -0.4 is 5.32 Å². The molecule has 21 heavy (non-hydrogen) atoms. The molecule has 1 amide bonds. The molecule has 2 aromatic rings. The van der Waals surface area contributed by atoms with E-state index < -0.39 is 0 Å². The molecule has 0 fully saturated rings. The Morgan fingerprint density at radius 3 is 2.86 bits per heavy atom. The molecule has 0 aliphatic heterocycles. The summed E-state index contributed by atoms with van der Waals surface area (Å²) in [6.45, 7) is 3.51. The van der Waals surface area contributed by atoms with Crippen LogP contribution in [0.5, 0.6) is 0 Å². The highest BCUT2D eigenvalue weighted by Gasteiger charge is 2.15. The Kier molecular flexibility index (Phi) is 5.20. The average Bonchev–Trinajstić information content (AvgIpc) is 2.87. The fourth-order valence-electron chi connectivity index (χ4n) is 1.85. The summed E-state index contributed by atoms with van der Waals surface area (Å²) in [5.41, 5.74) is 0.848. The monoisotopic (exact) mass is 327 g/mol. The lowest BCUT2D eigenvalue weighted by molar-refractivity contribution is -0.121. The van der Waals surface area contributed by atoms with Gasteiger partial charge in [0, 0.05) is 6.42 Å². The van der Waals surface area contributed by atoms with Crippen LogP contribution in [0.2, 0.25) is 10.0 Å². The first-order chi connectivity index (χ1) is 9.97. The molecule has 1 atom stereocenters. The highest BCUT2D eigenvalue weighted by Crippen LogP contribution is 2.26. The number of rotatable bonds is 5. The lowest BCUT2D eigenvalue weighted by atomic mass is 10.1. The van der Waals surface area contributed by atoms with Gasteiger partial charge in [-0.05, 0) is 31.9 Å². The Morgan fingerprint density at radius 2 is 2.19 bits per heavy atom. The Balaban J connectivity index is 1.89. The zero-order valence-corrected chi connectivity index (χ0v) is 13.2. The van der Waals surface area contributed by atoms with Crippen LogP contribution in [0.3, 0.4) is 0 Å². The molecule has 0 saturated carbocycles. The van der Waals surface area contributed by atoms with Gasteiger partial charge in [0.15, 0.2) is 5.82 Å². The standard InChI is InChI=1S/C14H15Cl2N3O2/c1-8(14-18-9(2)19-21-14)17-12(20)7-6-10-4-3-5-11(15)13(10)16/h3-5,8H,6-7H2,1-2H3,(H,17,20). The predicted molar refractivity (Wildman–Crippen MR) is 80.4 cm³/mol. The van der Waals surface area contributed by atoms with Crippen LogP contribution >= 0.6 is 23.2 Å². The molecule has 112 valence electrons. The van der Waals surface area contributed by atoms with E-state index in [9.17, 15) is 4.79 Å². The number of carbonyl (C=O) groups is 1. The maximum atomic E-state index is 11.9. The van der Waals surface area contributed by atoms with Gasteiger partial charge in [-0.25, -0.2) is 0 Å². The maximum absolute atomic E-state index is 11.9. The summed E-state index contributed by atoms with van der Waals surface area (Å²) >= 11 is 12.0. The summed E-state index contributed by atoms with van der Waals surface area (Å²) in [5, 5.41) is 7.48. The summed E-state index contributed by atoms with van der Waals surface area (Å²) in [6.07, 6.45) is 0.818. The van der Waals surface area contributed by atoms with E-state index in [-0.39, 0.29) is 11.9 Å². The first-order valence-corrected chi connectivity index (χ1v) is 7.25. The first kappa shape index (κ1) is 15.8. The zero-order valence-electron chi connectivity index (χ0n) is 11.7. The largest absolute Gasteiger partial charge is 0.345 e. The van der Waals surface area contributed by atoms with Crippen LogP contribution in [-0.2, 0) is 11.2 Å². The lowest BCUT2D eigenvalue weighted by Gasteiger charge is -2.10. The van der Waals surface area contributed by atoms with Crippen molar-refractivity contribution in [2.24, 2.45) is 0 Å². The molecule has 0 spiro atoms. The van der Waals surface area contributed by atoms with Gasteiger partial charge in [-0.3, -0.25) is 4.79 Å². The van der Waals surface area contributed by atoms with E-state index in [1.54, 1.807) is 19.9 Å². The molecule has 0 bridgehead atoms. The number of hydrogen-bond donors (Lipinski definition) is 1. The van der Waals surface area contributed by atoms with Crippen LogP contribution in [0.4, 0.5) is 0 Å². The van der Waals surface area contributed by atoms with Crippen molar-refractivity contribution in [2.45, 2.75) is 32.7 Å². The lowest BCUT2D eigenvalue weighted by Crippen LogP contribution is -2.27. The Morgan fingerprint density at radius 1 is 1.43 bits per heavy atom. The van der Waals surface area contributed by atoms with Crippen molar-refractivity contribution in [1.82, 2.24) is 15.5 Å². The second-order valence-electron chi connectivity index (χ2n) is 4.68. The Bertz CT molecular complexity index is 643. The molecule has 1 N–H and O–H groups in total.